The summed E-state index contributed by atoms with van der Waals surface area (Å²) in [6.07, 6.45) is -0.248. The van der Waals surface area contributed by atoms with Crippen LogP contribution in [0.3, 0.4) is 0 Å². The molecule has 0 saturated heterocycles. The van der Waals surface area contributed by atoms with Crippen molar-refractivity contribution in [2.45, 2.75) is 37.3 Å². The van der Waals surface area contributed by atoms with Crippen molar-refractivity contribution in [3.05, 3.63) is 58.6 Å². The van der Waals surface area contributed by atoms with E-state index < -0.39 is 22.2 Å². The number of aliphatic hydroxyl groups excluding tert-OH is 1. The number of rotatable bonds is 8. The first-order chi connectivity index (χ1) is 12.3. The van der Waals surface area contributed by atoms with Gasteiger partial charge in [-0.15, -0.1) is 0 Å². The number of hydrogen-bond donors (Lipinski definition) is 2. The summed E-state index contributed by atoms with van der Waals surface area (Å²) in [5.41, 5.74) is 0.634. The van der Waals surface area contributed by atoms with Crippen molar-refractivity contribution in [2.24, 2.45) is 5.92 Å². The second kappa shape index (κ2) is 8.99. The molecule has 2 N–H and O–H groups in total. The van der Waals surface area contributed by atoms with E-state index >= 15 is 0 Å². The zero-order chi connectivity index (χ0) is 19.3. The minimum atomic E-state index is -3.75. The van der Waals surface area contributed by atoms with Crippen LogP contribution in [0, 0.1) is 5.92 Å². The van der Waals surface area contributed by atoms with E-state index in [0.29, 0.717) is 11.3 Å². The first kappa shape index (κ1) is 20.9. The Bertz CT molecular complexity index is 806. The van der Waals surface area contributed by atoms with E-state index in [4.69, 9.17) is 4.74 Å². The third-order valence-electron chi connectivity index (χ3n) is 4.47. The first-order valence-corrected chi connectivity index (χ1v) is 10.7. The van der Waals surface area contributed by atoms with E-state index in [0.717, 1.165) is 10.9 Å². The molecule has 2 rings (SSSR count). The molecule has 7 heteroatoms. The van der Waals surface area contributed by atoms with E-state index in [1.165, 1.54) is 12.1 Å². The number of hydrogen-bond acceptors (Lipinski definition) is 4. The fourth-order valence-electron chi connectivity index (χ4n) is 2.62. The molecule has 2 aromatic carbocycles. The molecule has 0 heterocycles. The number of sulfonamides is 1. The van der Waals surface area contributed by atoms with Crippen LogP contribution in [0.4, 0.5) is 0 Å². The van der Waals surface area contributed by atoms with Crippen LogP contribution in [0.5, 0.6) is 5.75 Å². The molecule has 0 radical (unpaired) electrons. The third kappa shape index (κ3) is 5.07. The van der Waals surface area contributed by atoms with Crippen LogP contribution in [0.1, 0.15) is 31.9 Å². The van der Waals surface area contributed by atoms with Gasteiger partial charge in [0.05, 0.1) is 24.2 Å². The SMILES string of the molecule is CCC(C)C(NS(=O)(=O)c1ccc(Br)cc1)C(O)c1ccc(OC)cc1. The van der Waals surface area contributed by atoms with Crippen LogP contribution < -0.4 is 9.46 Å². The molecule has 142 valence electrons. The molecule has 2 aromatic rings. The Morgan fingerprint density at radius 2 is 1.69 bits per heavy atom. The molecule has 3 unspecified atom stereocenters. The van der Waals surface area contributed by atoms with Gasteiger partial charge in [-0.1, -0.05) is 48.3 Å². The number of halogens is 1. The van der Waals surface area contributed by atoms with Crippen molar-refractivity contribution >= 4 is 26.0 Å². The van der Waals surface area contributed by atoms with Crippen LogP contribution >= 0.6 is 15.9 Å². The lowest BCUT2D eigenvalue weighted by Gasteiger charge is -2.29. The summed E-state index contributed by atoms with van der Waals surface area (Å²) in [7, 11) is -2.18. The molecule has 0 fully saturated rings. The number of benzene rings is 2. The Hall–Kier alpha value is -1.41. The summed E-state index contributed by atoms with van der Waals surface area (Å²) >= 11 is 3.30. The molecular formula is C19H24BrNO4S. The zero-order valence-corrected chi connectivity index (χ0v) is 17.4. The lowest BCUT2D eigenvalue weighted by atomic mass is 9.91. The highest BCUT2D eigenvalue weighted by molar-refractivity contribution is 9.10. The van der Waals surface area contributed by atoms with E-state index in [2.05, 4.69) is 20.7 Å². The van der Waals surface area contributed by atoms with Crippen molar-refractivity contribution < 1.29 is 18.3 Å². The normalized spacial score (nSPS) is 15.3. The molecule has 0 saturated carbocycles. The quantitative estimate of drug-likeness (QED) is 0.651. The minimum Gasteiger partial charge on any atom is -0.497 e. The average molecular weight is 442 g/mol. The Morgan fingerprint density at radius 3 is 2.19 bits per heavy atom. The maximum absolute atomic E-state index is 12.8. The second-order valence-electron chi connectivity index (χ2n) is 6.20. The highest BCUT2D eigenvalue weighted by atomic mass is 79.9. The summed E-state index contributed by atoms with van der Waals surface area (Å²) in [5, 5.41) is 10.8. The van der Waals surface area contributed by atoms with Crippen molar-refractivity contribution in [2.75, 3.05) is 7.11 Å². The van der Waals surface area contributed by atoms with E-state index in [-0.39, 0.29) is 10.8 Å². The van der Waals surface area contributed by atoms with E-state index in [1.807, 2.05) is 13.8 Å². The zero-order valence-electron chi connectivity index (χ0n) is 15.0. The predicted molar refractivity (Wildman–Crippen MR) is 106 cm³/mol. The van der Waals surface area contributed by atoms with Crippen molar-refractivity contribution in [3.63, 3.8) is 0 Å². The van der Waals surface area contributed by atoms with Crippen LogP contribution in [-0.4, -0.2) is 26.7 Å². The molecule has 0 spiro atoms. The summed E-state index contributed by atoms with van der Waals surface area (Å²) in [6, 6.07) is 12.7. The smallest absolute Gasteiger partial charge is 0.240 e. The molecule has 5 nitrogen and oxygen atoms in total. The molecule has 0 aromatic heterocycles. The number of methoxy groups -OCH3 is 1. The number of nitrogens with one attached hydrogen (secondary N) is 1. The summed E-state index contributed by atoms with van der Waals surface area (Å²) in [6.45, 7) is 3.88. The van der Waals surface area contributed by atoms with E-state index in [1.54, 1.807) is 43.5 Å². The van der Waals surface area contributed by atoms with Gasteiger partial charge in [0.1, 0.15) is 5.75 Å². The fraction of sp³-hybridized carbons (Fsp3) is 0.368. The Labute approximate surface area is 163 Å². The third-order valence-corrected chi connectivity index (χ3v) is 6.47. The van der Waals surface area contributed by atoms with Crippen molar-refractivity contribution in [3.8, 4) is 5.75 Å². The van der Waals surface area contributed by atoms with Gasteiger partial charge in [-0.3, -0.25) is 0 Å². The topological polar surface area (TPSA) is 75.6 Å². The van der Waals surface area contributed by atoms with Crippen LogP contribution in [0.15, 0.2) is 57.9 Å². The Balaban J connectivity index is 2.29. The summed E-state index contributed by atoms with van der Waals surface area (Å²) in [5.74, 6) is 0.619. The average Bonchev–Trinajstić information content (AvgIpc) is 2.65. The summed E-state index contributed by atoms with van der Waals surface area (Å²) in [4.78, 5) is 0.163. The van der Waals surface area contributed by atoms with E-state index in [9.17, 15) is 13.5 Å². The first-order valence-electron chi connectivity index (χ1n) is 8.38. The molecule has 3 atom stereocenters. The van der Waals surface area contributed by atoms with Gasteiger partial charge in [0, 0.05) is 4.47 Å². The van der Waals surface area contributed by atoms with Crippen LogP contribution in [0.25, 0.3) is 0 Å². The van der Waals surface area contributed by atoms with Gasteiger partial charge in [-0.05, 0) is 47.9 Å². The molecular weight excluding hydrogens is 418 g/mol. The van der Waals surface area contributed by atoms with Crippen molar-refractivity contribution in [1.82, 2.24) is 4.72 Å². The second-order valence-corrected chi connectivity index (χ2v) is 8.83. The van der Waals surface area contributed by atoms with Gasteiger partial charge >= 0.3 is 0 Å². The largest absolute Gasteiger partial charge is 0.497 e. The van der Waals surface area contributed by atoms with Gasteiger partial charge in [0.15, 0.2) is 0 Å². The number of aliphatic hydroxyl groups is 1. The van der Waals surface area contributed by atoms with Gasteiger partial charge in [0.25, 0.3) is 0 Å². The van der Waals surface area contributed by atoms with Crippen LogP contribution in [-0.2, 0) is 10.0 Å². The van der Waals surface area contributed by atoms with Gasteiger partial charge in [-0.2, -0.15) is 0 Å². The van der Waals surface area contributed by atoms with Crippen LogP contribution in [0.2, 0.25) is 0 Å². The van der Waals surface area contributed by atoms with Gasteiger partial charge in [-0.25, -0.2) is 13.1 Å². The van der Waals surface area contributed by atoms with Gasteiger partial charge < -0.3 is 9.84 Å². The summed E-state index contributed by atoms with van der Waals surface area (Å²) < 4.78 is 34.1. The fourth-order valence-corrected chi connectivity index (χ4v) is 4.23. The highest BCUT2D eigenvalue weighted by Gasteiger charge is 2.30. The molecule has 0 aliphatic rings. The molecule has 0 amide bonds. The standard InChI is InChI=1S/C19H24BrNO4S/c1-4-13(2)18(19(22)14-5-9-16(25-3)10-6-14)21-26(23,24)17-11-7-15(20)8-12-17/h5-13,18-19,21-22H,4H2,1-3H3. The minimum absolute atomic E-state index is 0.0580. The molecule has 26 heavy (non-hydrogen) atoms. The molecule has 0 aliphatic heterocycles. The predicted octanol–water partition coefficient (Wildman–Crippen LogP) is 3.88. The maximum Gasteiger partial charge on any atom is 0.240 e. The lowest BCUT2D eigenvalue weighted by molar-refractivity contribution is 0.112. The van der Waals surface area contributed by atoms with Gasteiger partial charge in [0.2, 0.25) is 10.0 Å². The Morgan fingerprint density at radius 1 is 1.12 bits per heavy atom. The van der Waals surface area contributed by atoms with Crippen molar-refractivity contribution in [1.29, 1.82) is 0 Å². The molecule has 0 bridgehead atoms. The highest BCUT2D eigenvalue weighted by Crippen LogP contribution is 2.27. The lowest BCUT2D eigenvalue weighted by Crippen LogP contribution is -2.43. The molecule has 0 aliphatic carbocycles. The monoisotopic (exact) mass is 441 g/mol. The maximum atomic E-state index is 12.8. The Kier molecular flexibility index (Phi) is 7.23. The number of ether oxygens (including phenoxy) is 1.